The molecule has 5 heterocycles. The quantitative estimate of drug-likeness (QED) is 0.252. The summed E-state index contributed by atoms with van der Waals surface area (Å²) in [5, 5.41) is 15.4. The van der Waals surface area contributed by atoms with Gasteiger partial charge in [-0.05, 0) is 83.4 Å². The smallest absolute Gasteiger partial charge is 0.337 e. The Morgan fingerprint density at radius 1 is 1.07 bits per heavy atom. The largest absolute Gasteiger partial charge is 0.489 e. The van der Waals surface area contributed by atoms with E-state index in [0.29, 0.717) is 66.0 Å². The van der Waals surface area contributed by atoms with E-state index in [1.807, 2.05) is 70.2 Å². The number of rotatable bonds is 3. The van der Waals surface area contributed by atoms with Crippen LogP contribution in [0.2, 0.25) is 0 Å². The van der Waals surface area contributed by atoms with Crippen LogP contribution in [-0.2, 0) is 14.3 Å². The fourth-order valence-electron chi connectivity index (χ4n) is 6.01. The van der Waals surface area contributed by atoms with Crippen LogP contribution in [-0.4, -0.2) is 63.2 Å². The van der Waals surface area contributed by atoms with E-state index in [0.717, 1.165) is 24.0 Å². The van der Waals surface area contributed by atoms with E-state index in [1.165, 1.54) is 12.1 Å². The standard InChI is InChI=1S/C35H39FN4O5/c1-22-30(31(33(41)42)45-34(2,3)4)32-39-15-13-35(5,14-16-39)44-18-7-6-17-43-28-12-11-25(36)20-26(28)23-9-8-10-24(19-23)27-21-29(37-22)40(32)38-27/h6-12,19-21,31H,13-18H2,1-5H3,(H,41,42)/b7-6+/t31-/m0/s1. The summed E-state index contributed by atoms with van der Waals surface area (Å²) in [5.74, 6) is -0.241. The number of benzene rings is 2. The van der Waals surface area contributed by atoms with Gasteiger partial charge < -0.3 is 24.2 Å². The van der Waals surface area contributed by atoms with E-state index < -0.39 is 17.7 Å². The Balaban J connectivity index is 1.56. The Kier molecular flexibility index (Phi) is 8.13. The van der Waals surface area contributed by atoms with E-state index in [1.54, 1.807) is 10.6 Å². The first-order valence-corrected chi connectivity index (χ1v) is 15.3. The Bertz CT molecular complexity index is 1770. The van der Waals surface area contributed by atoms with Gasteiger partial charge in [0.15, 0.2) is 11.8 Å². The zero-order valence-corrected chi connectivity index (χ0v) is 26.3. The van der Waals surface area contributed by atoms with Crippen LogP contribution >= 0.6 is 0 Å². The molecule has 0 aliphatic carbocycles. The number of hydrogen-bond donors (Lipinski definition) is 1. The topological polar surface area (TPSA) is 98.4 Å². The maximum atomic E-state index is 14.5. The summed E-state index contributed by atoms with van der Waals surface area (Å²) in [7, 11) is 0. The molecule has 1 N–H and O–H groups in total. The van der Waals surface area contributed by atoms with Crippen LogP contribution in [0.5, 0.6) is 5.75 Å². The van der Waals surface area contributed by atoms with Crippen molar-refractivity contribution in [2.75, 3.05) is 31.2 Å². The summed E-state index contributed by atoms with van der Waals surface area (Å²) in [6.07, 6.45) is 4.05. The third kappa shape index (κ3) is 6.43. The van der Waals surface area contributed by atoms with Crippen molar-refractivity contribution in [3.05, 3.63) is 77.8 Å². The molecule has 3 aliphatic rings. The molecule has 9 nitrogen and oxygen atoms in total. The Morgan fingerprint density at radius 2 is 1.80 bits per heavy atom. The molecule has 2 aromatic carbocycles. The normalized spacial score (nSPS) is 18.0. The molecule has 0 saturated carbocycles. The second kappa shape index (κ2) is 11.9. The maximum Gasteiger partial charge on any atom is 0.337 e. The van der Waals surface area contributed by atoms with Gasteiger partial charge in [-0.2, -0.15) is 9.61 Å². The molecule has 7 rings (SSSR count). The van der Waals surface area contributed by atoms with E-state index in [4.69, 9.17) is 24.3 Å². The molecule has 1 saturated heterocycles. The zero-order chi connectivity index (χ0) is 31.9. The van der Waals surface area contributed by atoms with Crippen LogP contribution in [0.1, 0.15) is 57.9 Å². The minimum Gasteiger partial charge on any atom is -0.489 e. The fourth-order valence-corrected chi connectivity index (χ4v) is 6.01. The van der Waals surface area contributed by atoms with Crippen molar-refractivity contribution in [1.82, 2.24) is 14.6 Å². The van der Waals surface area contributed by atoms with Crippen LogP contribution in [0.4, 0.5) is 10.2 Å². The minimum absolute atomic E-state index is 0.315. The third-order valence-corrected chi connectivity index (χ3v) is 8.32. The fraction of sp³-hybridized carbons (Fsp3) is 0.400. The van der Waals surface area contributed by atoms with Crippen molar-refractivity contribution in [1.29, 1.82) is 0 Å². The van der Waals surface area contributed by atoms with Crippen LogP contribution in [0.3, 0.4) is 0 Å². The number of anilines is 1. The second-order valence-electron chi connectivity index (χ2n) is 12.9. The summed E-state index contributed by atoms with van der Waals surface area (Å²) in [4.78, 5) is 19.8. The molecule has 10 heteroatoms. The number of hydrogen-bond acceptors (Lipinski definition) is 7. The highest BCUT2D eigenvalue weighted by molar-refractivity contribution is 5.80. The van der Waals surface area contributed by atoms with Crippen molar-refractivity contribution >= 4 is 17.4 Å². The average molecular weight is 615 g/mol. The van der Waals surface area contributed by atoms with Gasteiger partial charge >= 0.3 is 5.97 Å². The number of carbonyl (C=O) groups is 1. The van der Waals surface area contributed by atoms with Gasteiger partial charge in [0.25, 0.3) is 0 Å². The van der Waals surface area contributed by atoms with Crippen molar-refractivity contribution in [3.8, 4) is 28.1 Å². The Morgan fingerprint density at radius 3 is 2.53 bits per heavy atom. The number of aliphatic carboxylic acids is 1. The lowest BCUT2D eigenvalue weighted by Crippen LogP contribution is -2.45. The van der Waals surface area contributed by atoms with Crippen molar-refractivity contribution in [2.24, 2.45) is 0 Å². The maximum absolute atomic E-state index is 14.5. The van der Waals surface area contributed by atoms with Crippen molar-refractivity contribution in [3.63, 3.8) is 0 Å². The molecule has 1 atom stereocenters. The number of carboxylic acid groups (broad SMARTS) is 1. The minimum atomic E-state index is -1.25. The van der Waals surface area contributed by atoms with Gasteiger partial charge in [-0.15, -0.1) is 0 Å². The van der Waals surface area contributed by atoms with Gasteiger partial charge in [0, 0.05) is 36.0 Å². The highest BCUT2D eigenvalue weighted by Crippen LogP contribution is 2.39. The number of halogens is 1. The molecule has 2 aromatic heterocycles. The lowest BCUT2D eigenvalue weighted by Gasteiger charge is -2.41. The molecule has 0 spiro atoms. The van der Waals surface area contributed by atoms with Gasteiger partial charge in [-0.1, -0.05) is 24.3 Å². The molecule has 0 radical (unpaired) electrons. The lowest BCUT2D eigenvalue weighted by atomic mass is 9.92. The van der Waals surface area contributed by atoms with E-state index in [-0.39, 0.29) is 11.4 Å². The number of carboxylic acids is 1. The second-order valence-corrected chi connectivity index (χ2v) is 12.9. The number of aryl methyl sites for hydroxylation is 1. The van der Waals surface area contributed by atoms with E-state index in [2.05, 4.69) is 11.8 Å². The van der Waals surface area contributed by atoms with Gasteiger partial charge in [0.1, 0.15) is 24.0 Å². The lowest BCUT2D eigenvalue weighted by molar-refractivity contribution is -0.160. The van der Waals surface area contributed by atoms with Crippen LogP contribution in [0, 0.1) is 12.7 Å². The number of fused-ring (bicyclic) bond motifs is 6. The average Bonchev–Trinajstić information content (AvgIpc) is 3.41. The predicted molar refractivity (Wildman–Crippen MR) is 170 cm³/mol. The molecule has 45 heavy (non-hydrogen) atoms. The van der Waals surface area contributed by atoms with E-state index in [9.17, 15) is 14.3 Å². The highest BCUT2D eigenvalue weighted by Gasteiger charge is 2.37. The monoisotopic (exact) mass is 614 g/mol. The van der Waals surface area contributed by atoms with Crippen LogP contribution < -0.4 is 9.64 Å². The first-order valence-electron chi connectivity index (χ1n) is 15.3. The highest BCUT2D eigenvalue weighted by atomic mass is 19.1. The van der Waals surface area contributed by atoms with Crippen LogP contribution in [0.25, 0.3) is 28.0 Å². The number of ether oxygens (including phenoxy) is 3. The predicted octanol–water partition coefficient (Wildman–Crippen LogP) is 6.78. The van der Waals surface area contributed by atoms with Gasteiger partial charge in [0.2, 0.25) is 0 Å². The van der Waals surface area contributed by atoms with Crippen molar-refractivity contribution in [2.45, 2.75) is 64.8 Å². The third-order valence-electron chi connectivity index (χ3n) is 8.32. The zero-order valence-electron chi connectivity index (χ0n) is 26.3. The molecular weight excluding hydrogens is 575 g/mol. The summed E-state index contributed by atoms with van der Waals surface area (Å²) < 4.78 is 34.7. The Labute approximate surface area is 262 Å². The summed E-state index contributed by atoms with van der Waals surface area (Å²) in [6, 6.07) is 14.1. The molecule has 1 fully saturated rings. The first kappa shape index (κ1) is 30.7. The molecule has 4 aromatic rings. The molecule has 0 amide bonds. The van der Waals surface area contributed by atoms with E-state index >= 15 is 0 Å². The van der Waals surface area contributed by atoms with Gasteiger partial charge in [0.05, 0.1) is 29.1 Å². The Hall–Kier alpha value is -4.28. The molecule has 0 unspecified atom stereocenters. The summed E-state index contributed by atoms with van der Waals surface area (Å²) >= 11 is 0. The molecule has 3 aliphatic heterocycles. The SMILES string of the molecule is Cc1nc2cc3nn2c(c1[C@H](OC(C)(C)C)C(=O)O)N1CCC(C)(CC1)OC/C=C/COc1ccc(F)cc1-c1cccc-3c1. The molecule has 236 valence electrons. The van der Waals surface area contributed by atoms with Crippen LogP contribution in [0.15, 0.2) is 60.7 Å². The number of nitrogens with zero attached hydrogens (tertiary/aromatic N) is 4. The van der Waals surface area contributed by atoms with Gasteiger partial charge in [-0.25, -0.2) is 14.2 Å². The molecule has 6 bridgehead atoms. The first-order chi connectivity index (χ1) is 21.4. The summed E-state index contributed by atoms with van der Waals surface area (Å²) in [5.41, 5.74) is 3.40. The number of piperidine rings is 1. The number of aromatic nitrogens is 3. The van der Waals surface area contributed by atoms with Gasteiger partial charge in [-0.3, -0.25) is 0 Å². The summed E-state index contributed by atoms with van der Waals surface area (Å²) in [6.45, 7) is 11.4. The van der Waals surface area contributed by atoms with Crippen molar-refractivity contribution < 1.29 is 28.5 Å². The molecular formula is C35H39FN4O5.